The van der Waals surface area contributed by atoms with E-state index >= 15 is 0 Å². The Kier molecular flexibility index (Phi) is 5.73. The molecule has 1 aliphatic heterocycles. The number of nitrogens with one attached hydrogen (secondary N) is 1. The first-order chi connectivity index (χ1) is 16.3. The third-order valence-electron chi connectivity index (χ3n) is 6.42. The second kappa shape index (κ2) is 8.72. The Morgan fingerprint density at radius 1 is 1.06 bits per heavy atom. The molecule has 1 amide bonds. The lowest BCUT2D eigenvalue weighted by Crippen LogP contribution is -2.37. The van der Waals surface area contributed by atoms with Gasteiger partial charge in [-0.3, -0.25) is 4.79 Å². The smallest absolute Gasteiger partial charge is 0.272 e. The van der Waals surface area contributed by atoms with Crippen LogP contribution >= 0.6 is 0 Å². The van der Waals surface area contributed by atoms with Crippen LogP contribution in [-0.4, -0.2) is 36.6 Å². The maximum atomic E-state index is 13.9. The van der Waals surface area contributed by atoms with Crippen LogP contribution < -0.4 is 15.4 Å². The quantitative estimate of drug-likeness (QED) is 0.391. The zero-order valence-corrected chi connectivity index (χ0v) is 20.8. The first kappa shape index (κ1) is 22.3. The lowest BCUT2D eigenvalue weighted by Gasteiger charge is -2.31. The number of benzene rings is 2. The fourth-order valence-electron chi connectivity index (χ4n) is 4.28. The van der Waals surface area contributed by atoms with Gasteiger partial charge in [0.2, 0.25) is 0 Å². The Balaban J connectivity index is 1.51. The molecule has 4 aromatic rings. The summed E-state index contributed by atoms with van der Waals surface area (Å²) in [6.45, 7) is 9.37. The minimum atomic E-state index is -1.55. The number of carbonyl (C=O) groups excluding carboxylic acids is 1. The molecule has 1 aliphatic rings. The van der Waals surface area contributed by atoms with Crippen molar-refractivity contribution >= 4 is 41.6 Å². The second-order valence-corrected chi connectivity index (χ2v) is 15.0. The minimum Gasteiger partial charge on any atom is -0.356 e. The molecular formula is C27H29FN4OSi. The monoisotopic (exact) mass is 472 g/mol. The Bertz CT molecular complexity index is 1350. The van der Waals surface area contributed by atoms with Gasteiger partial charge < -0.3 is 14.8 Å². The van der Waals surface area contributed by atoms with Crippen molar-refractivity contribution in [2.45, 2.75) is 32.6 Å². The van der Waals surface area contributed by atoms with E-state index < -0.39 is 8.07 Å². The molecule has 1 N–H and O–H groups in total. The van der Waals surface area contributed by atoms with Crippen LogP contribution in [0, 0.1) is 5.82 Å². The van der Waals surface area contributed by atoms with Crippen LogP contribution in [0.5, 0.6) is 0 Å². The van der Waals surface area contributed by atoms with E-state index in [-0.39, 0.29) is 11.7 Å². The predicted octanol–water partition coefficient (Wildman–Crippen LogP) is 5.23. The van der Waals surface area contributed by atoms with Gasteiger partial charge in [0.15, 0.2) is 0 Å². The largest absolute Gasteiger partial charge is 0.356 e. The fourth-order valence-corrected chi connectivity index (χ4v) is 5.44. The van der Waals surface area contributed by atoms with Crippen LogP contribution in [0.4, 0.5) is 15.9 Å². The van der Waals surface area contributed by atoms with Gasteiger partial charge in [-0.15, -0.1) is 0 Å². The highest BCUT2D eigenvalue weighted by Crippen LogP contribution is 2.24. The zero-order chi connectivity index (χ0) is 23.9. The second-order valence-electron chi connectivity index (χ2n) is 9.97. The molecule has 0 spiro atoms. The van der Waals surface area contributed by atoms with Gasteiger partial charge in [0.1, 0.15) is 17.3 Å². The molecule has 34 heavy (non-hydrogen) atoms. The van der Waals surface area contributed by atoms with Crippen LogP contribution in [0.15, 0.2) is 66.9 Å². The average molecular weight is 473 g/mol. The van der Waals surface area contributed by atoms with E-state index in [2.05, 4.69) is 53.0 Å². The number of hydrogen-bond acceptors (Lipinski definition) is 3. The molecule has 1 saturated heterocycles. The number of anilines is 2. The standard InChI is InChI=1S/C27H29FN4OSi/c1-34(2,3)23-10-8-20-15-25(32(24(20)16-23)18-19-6-4-7-21(28)14-19)27(33)30-22-9-11-26(29-17-22)31-12-5-13-31/h4,6-11,14-17H,5,12-13,18H2,1-3H3,(H,30,33). The molecule has 2 aromatic carbocycles. The third kappa shape index (κ3) is 4.48. The number of amides is 1. The van der Waals surface area contributed by atoms with Crippen molar-refractivity contribution in [3.63, 3.8) is 0 Å². The maximum Gasteiger partial charge on any atom is 0.272 e. The minimum absolute atomic E-state index is 0.208. The lowest BCUT2D eigenvalue weighted by atomic mass is 10.2. The van der Waals surface area contributed by atoms with Crippen molar-refractivity contribution in [1.29, 1.82) is 0 Å². The number of nitrogens with zero attached hydrogens (tertiary/aromatic N) is 3. The SMILES string of the molecule is C[Si](C)(C)c1ccc2cc(C(=O)Nc3ccc(N4CCC4)nc3)n(Cc3cccc(F)c3)c2c1. The van der Waals surface area contributed by atoms with Crippen LogP contribution in [-0.2, 0) is 6.54 Å². The Morgan fingerprint density at radius 2 is 1.88 bits per heavy atom. The summed E-state index contributed by atoms with van der Waals surface area (Å²) in [4.78, 5) is 20.1. The summed E-state index contributed by atoms with van der Waals surface area (Å²) in [6, 6.07) is 18.7. The van der Waals surface area contributed by atoms with Crippen molar-refractivity contribution in [3.05, 3.63) is 83.9 Å². The van der Waals surface area contributed by atoms with E-state index in [0.29, 0.717) is 17.9 Å². The number of pyridine rings is 1. The number of rotatable bonds is 6. The van der Waals surface area contributed by atoms with Crippen molar-refractivity contribution < 1.29 is 9.18 Å². The lowest BCUT2D eigenvalue weighted by molar-refractivity contribution is 0.101. The van der Waals surface area contributed by atoms with Gasteiger partial charge in [0.05, 0.1) is 20.0 Å². The van der Waals surface area contributed by atoms with Crippen LogP contribution in [0.25, 0.3) is 10.9 Å². The van der Waals surface area contributed by atoms with Gasteiger partial charge in [0, 0.05) is 30.5 Å². The first-order valence-corrected chi connectivity index (χ1v) is 15.2. The van der Waals surface area contributed by atoms with Crippen molar-refractivity contribution in [1.82, 2.24) is 9.55 Å². The van der Waals surface area contributed by atoms with E-state index in [0.717, 1.165) is 35.4 Å². The van der Waals surface area contributed by atoms with E-state index in [1.54, 1.807) is 12.3 Å². The molecule has 174 valence electrons. The molecule has 5 nitrogen and oxygen atoms in total. The summed E-state index contributed by atoms with van der Waals surface area (Å²) in [7, 11) is -1.55. The molecule has 1 fully saturated rings. The molecule has 0 bridgehead atoms. The zero-order valence-electron chi connectivity index (χ0n) is 19.8. The molecule has 3 heterocycles. The highest BCUT2D eigenvalue weighted by molar-refractivity contribution is 6.88. The first-order valence-electron chi connectivity index (χ1n) is 11.7. The third-order valence-corrected chi connectivity index (χ3v) is 8.46. The number of carbonyl (C=O) groups is 1. The predicted molar refractivity (Wildman–Crippen MR) is 139 cm³/mol. The van der Waals surface area contributed by atoms with E-state index in [1.807, 2.05) is 28.8 Å². The molecule has 7 heteroatoms. The van der Waals surface area contributed by atoms with Crippen LogP contribution in [0.1, 0.15) is 22.5 Å². The van der Waals surface area contributed by atoms with Crippen molar-refractivity contribution in [2.24, 2.45) is 0 Å². The summed E-state index contributed by atoms with van der Waals surface area (Å²) in [5.74, 6) is 0.445. The molecule has 2 aromatic heterocycles. The summed E-state index contributed by atoms with van der Waals surface area (Å²) in [5.41, 5.74) is 2.99. The van der Waals surface area contributed by atoms with Crippen molar-refractivity contribution in [3.8, 4) is 0 Å². The summed E-state index contributed by atoms with van der Waals surface area (Å²) >= 11 is 0. The fraction of sp³-hybridized carbons (Fsp3) is 0.259. The molecule has 0 unspecified atom stereocenters. The van der Waals surface area contributed by atoms with E-state index in [4.69, 9.17) is 0 Å². The normalized spacial score (nSPS) is 13.7. The molecular weight excluding hydrogens is 443 g/mol. The molecule has 5 rings (SSSR count). The number of hydrogen-bond donors (Lipinski definition) is 1. The van der Waals surface area contributed by atoms with Crippen LogP contribution in [0.3, 0.4) is 0 Å². The Labute approximate surface area is 200 Å². The van der Waals surface area contributed by atoms with Gasteiger partial charge in [0.25, 0.3) is 5.91 Å². The summed E-state index contributed by atoms with van der Waals surface area (Å²) < 4.78 is 15.9. The van der Waals surface area contributed by atoms with Gasteiger partial charge in [-0.25, -0.2) is 9.37 Å². The summed E-state index contributed by atoms with van der Waals surface area (Å²) in [6.07, 6.45) is 2.89. The molecule has 0 radical (unpaired) electrons. The average Bonchev–Trinajstić information content (AvgIpc) is 3.11. The Hall–Kier alpha value is -3.45. The van der Waals surface area contributed by atoms with E-state index in [9.17, 15) is 9.18 Å². The highest BCUT2D eigenvalue weighted by atomic mass is 28.3. The van der Waals surface area contributed by atoms with Gasteiger partial charge in [-0.1, -0.05) is 49.1 Å². The molecule has 0 aliphatic carbocycles. The van der Waals surface area contributed by atoms with Gasteiger partial charge >= 0.3 is 0 Å². The number of fused-ring (bicyclic) bond motifs is 1. The number of aromatic nitrogens is 2. The highest BCUT2D eigenvalue weighted by Gasteiger charge is 2.21. The van der Waals surface area contributed by atoms with Gasteiger partial charge in [-0.05, 0) is 48.4 Å². The number of halogens is 1. The van der Waals surface area contributed by atoms with Crippen LogP contribution in [0.2, 0.25) is 19.6 Å². The maximum absolute atomic E-state index is 13.9. The van der Waals surface area contributed by atoms with Gasteiger partial charge in [-0.2, -0.15) is 0 Å². The van der Waals surface area contributed by atoms with Crippen molar-refractivity contribution in [2.75, 3.05) is 23.3 Å². The Morgan fingerprint density at radius 3 is 2.53 bits per heavy atom. The molecule has 0 atom stereocenters. The topological polar surface area (TPSA) is 50.2 Å². The summed E-state index contributed by atoms with van der Waals surface area (Å²) in [5, 5.41) is 5.31. The van der Waals surface area contributed by atoms with E-state index in [1.165, 1.54) is 23.7 Å². The molecule has 0 saturated carbocycles.